The van der Waals surface area contributed by atoms with Crippen molar-refractivity contribution >= 4 is 5.97 Å². The number of aryl methyl sites for hydroxylation is 1. The number of hydrogen-bond donors (Lipinski definition) is 1. The summed E-state index contributed by atoms with van der Waals surface area (Å²) >= 11 is 0. The zero-order chi connectivity index (χ0) is 13.4. The summed E-state index contributed by atoms with van der Waals surface area (Å²) in [7, 11) is 0. The predicted octanol–water partition coefficient (Wildman–Crippen LogP) is 4.39. The molecule has 1 aromatic rings. The average Bonchev–Trinajstić information content (AvgIpc) is 2.34. The largest absolute Gasteiger partial charge is 0.481 e. The van der Waals surface area contributed by atoms with Crippen molar-refractivity contribution in [2.24, 2.45) is 0 Å². The quantitative estimate of drug-likeness (QED) is 0.771. The molecule has 16 heavy (non-hydrogen) atoms. The van der Waals surface area contributed by atoms with Crippen LogP contribution >= 0.6 is 0 Å². The van der Waals surface area contributed by atoms with Crippen molar-refractivity contribution < 1.29 is 9.90 Å². The Bertz CT molecular complexity index is 213. The predicted molar refractivity (Wildman–Crippen MR) is 71.8 cm³/mol. The molecule has 0 aliphatic heterocycles. The minimum absolute atomic E-state index is 0.833. The average molecular weight is 226 g/mol. The Kier molecular flexibility index (Phi) is 24.3. The first-order chi connectivity index (χ1) is 7.66. The topological polar surface area (TPSA) is 37.3 Å². The molecule has 0 amide bonds. The van der Waals surface area contributed by atoms with E-state index in [4.69, 9.17) is 9.90 Å². The van der Waals surface area contributed by atoms with E-state index in [1.165, 1.54) is 5.56 Å². The highest BCUT2D eigenvalue weighted by atomic mass is 16.4. The van der Waals surface area contributed by atoms with E-state index in [0.717, 1.165) is 13.3 Å². The zero-order valence-electron chi connectivity index (χ0n) is 11.4. The molecule has 0 aliphatic carbocycles. The third-order valence-corrected chi connectivity index (χ3v) is 1.25. The summed E-state index contributed by atoms with van der Waals surface area (Å²) in [5, 5.41) is 7.42. The van der Waals surface area contributed by atoms with Gasteiger partial charge in [-0.3, -0.25) is 4.79 Å². The van der Waals surface area contributed by atoms with Crippen LogP contribution in [-0.2, 0) is 11.2 Å². The summed E-state index contributed by atoms with van der Waals surface area (Å²) in [5.41, 5.74) is 1.41. The van der Waals surface area contributed by atoms with Crippen molar-refractivity contribution in [1.29, 1.82) is 0 Å². The molecule has 94 valence electrons. The summed E-state index contributed by atoms with van der Waals surface area (Å²) in [6.45, 7) is 11.2. The lowest BCUT2D eigenvalue weighted by Crippen LogP contribution is -1.78. The van der Waals surface area contributed by atoms with Crippen LogP contribution in [0.25, 0.3) is 0 Å². The van der Waals surface area contributed by atoms with E-state index in [1.807, 2.05) is 33.8 Å². The van der Waals surface area contributed by atoms with Gasteiger partial charge in [0.2, 0.25) is 0 Å². The monoisotopic (exact) mass is 226 g/mol. The summed E-state index contributed by atoms with van der Waals surface area (Å²) in [6, 6.07) is 10.5. The number of carboxylic acid groups (broad SMARTS) is 1. The Hall–Kier alpha value is -1.31. The van der Waals surface area contributed by atoms with Crippen molar-refractivity contribution in [3.05, 3.63) is 35.9 Å². The zero-order valence-corrected chi connectivity index (χ0v) is 11.4. The molecule has 0 unspecified atom stereocenters. The first kappa shape index (κ1) is 20.1. The summed E-state index contributed by atoms with van der Waals surface area (Å²) in [6.07, 6.45) is 1.14. The molecular weight excluding hydrogens is 200 g/mol. The van der Waals surface area contributed by atoms with Gasteiger partial charge in [0.25, 0.3) is 5.97 Å². The third-order valence-electron chi connectivity index (χ3n) is 1.25. The van der Waals surface area contributed by atoms with Gasteiger partial charge in [-0.25, -0.2) is 0 Å². The maximum absolute atomic E-state index is 9.00. The first-order valence-corrected chi connectivity index (χ1v) is 5.90. The highest BCUT2D eigenvalue weighted by molar-refractivity contribution is 5.62. The Morgan fingerprint density at radius 1 is 1.06 bits per heavy atom. The molecule has 0 fully saturated rings. The molecule has 0 atom stereocenters. The maximum Gasteiger partial charge on any atom is 0.300 e. The second-order valence-corrected chi connectivity index (χ2v) is 2.36. The second kappa shape index (κ2) is 19.3. The molecule has 0 aliphatic rings. The van der Waals surface area contributed by atoms with Gasteiger partial charge in [0.05, 0.1) is 0 Å². The van der Waals surface area contributed by atoms with Crippen LogP contribution in [0.5, 0.6) is 0 Å². The Balaban J connectivity index is -0.000000181. The van der Waals surface area contributed by atoms with Crippen molar-refractivity contribution in [1.82, 2.24) is 0 Å². The van der Waals surface area contributed by atoms with Crippen LogP contribution in [0.15, 0.2) is 30.3 Å². The van der Waals surface area contributed by atoms with Gasteiger partial charge in [0, 0.05) is 6.92 Å². The first-order valence-electron chi connectivity index (χ1n) is 5.90. The van der Waals surface area contributed by atoms with Crippen molar-refractivity contribution in [3.8, 4) is 0 Å². The molecule has 0 saturated carbocycles. The van der Waals surface area contributed by atoms with E-state index in [9.17, 15) is 0 Å². The highest BCUT2D eigenvalue weighted by Gasteiger charge is 1.79. The van der Waals surface area contributed by atoms with E-state index >= 15 is 0 Å². The summed E-state index contributed by atoms with van der Waals surface area (Å²) in [4.78, 5) is 9.00. The SMILES string of the molecule is CC.CC.CC(=O)O.CCc1ccccc1. The van der Waals surface area contributed by atoms with Crippen molar-refractivity contribution in [3.63, 3.8) is 0 Å². The van der Waals surface area contributed by atoms with Crippen LogP contribution in [0.2, 0.25) is 0 Å². The Morgan fingerprint density at radius 3 is 1.56 bits per heavy atom. The van der Waals surface area contributed by atoms with Gasteiger partial charge >= 0.3 is 0 Å². The fourth-order valence-electron chi connectivity index (χ4n) is 0.714. The number of carbonyl (C=O) groups is 1. The van der Waals surface area contributed by atoms with Gasteiger partial charge in [-0.2, -0.15) is 0 Å². The van der Waals surface area contributed by atoms with Gasteiger partial charge in [-0.05, 0) is 12.0 Å². The van der Waals surface area contributed by atoms with Crippen molar-refractivity contribution in [2.75, 3.05) is 0 Å². The molecule has 0 heterocycles. The smallest absolute Gasteiger partial charge is 0.300 e. The number of benzene rings is 1. The summed E-state index contributed by atoms with van der Waals surface area (Å²) in [5.74, 6) is -0.833. The second-order valence-electron chi connectivity index (χ2n) is 2.36. The normalized spacial score (nSPS) is 6.88. The summed E-state index contributed by atoms with van der Waals surface area (Å²) < 4.78 is 0. The molecule has 0 radical (unpaired) electrons. The van der Waals surface area contributed by atoms with Crippen LogP contribution < -0.4 is 0 Å². The molecule has 1 N–H and O–H groups in total. The van der Waals surface area contributed by atoms with Crippen molar-refractivity contribution in [2.45, 2.75) is 48.0 Å². The lowest BCUT2D eigenvalue weighted by molar-refractivity contribution is -0.134. The van der Waals surface area contributed by atoms with Gasteiger partial charge in [-0.1, -0.05) is 65.0 Å². The van der Waals surface area contributed by atoms with Gasteiger partial charge in [0.15, 0.2) is 0 Å². The fourth-order valence-corrected chi connectivity index (χ4v) is 0.714. The Morgan fingerprint density at radius 2 is 1.38 bits per heavy atom. The lowest BCUT2D eigenvalue weighted by Gasteiger charge is -1.89. The molecular formula is C14H26O2. The van der Waals surface area contributed by atoms with E-state index in [0.29, 0.717) is 0 Å². The molecule has 1 rings (SSSR count). The molecule has 2 nitrogen and oxygen atoms in total. The molecule has 0 aromatic heterocycles. The number of aliphatic carboxylic acids is 1. The lowest BCUT2D eigenvalue weighted by atomic mass is 10.2. The third kappa shape index (κ3) is 23.0. The number of carboxylic acids is 1. The van der Waals surface area contributed by atoms with E-state index in [1.54, 1.807) is 0 Å². The molecule has 0 bridgehead atoms. The van der Waals surface area contributed by atoms with E-state index in [-0.39, 0.29) is 0 Å². The van der Waals surface area contributed by atoms with Gasteiger partial charge < -0.3 is 5.11 Å². The van der Waals surface area contributed by atoms with E-state index < -0.39 is 5.97 Å². The van der Waals surface area contributed by atoms with Crippen LogP contribution in [0.3, 0.4) is 0 Å². The fraction of sp³-hybridized carbons (Fsp3) is 0.500. The Labute approximate surface area is 100 Å². The molecule has 1 aromatic carbocycles. The molecule has 0 saturated heterocycles. The van der Waals surface area contributed by atoms with Crippen LogP contribution in [0.1, 0.15) is 47.1 Å². The minimum Gasteiger partial charge on any atom is -0.481 e. The standard InChI is InChI=1S/C8H10.C2H4O2.2C2H6/c1-2-8-6-4-3-5-7-8;1-2(3)4;2*1-2/h3-7H,2H2,1H3;1H3,(H,3,4);2*1-2H3. The molecule has 0 spiro atoms. The van der Waals surface area contributed by atoms with Gasteiger partial charge in [0.1, 0.15) is 0 Å². The van der Waals surface area contributed by atoms with Crippen LogP contribution in [-0.4, -0.2) is 11.1 Å². The number of rotatable bonds is 1. The van der Waals surface area contributed by atoms with Gasteiger partial charge in [-0.15, -0.1) is 0 Å². The highest BCUT2D eigenvalue weighted by Crippen LogP contribution is 1.96. The van der Waals surface area contributed by atoms with Crippen LogP contribution in [0.4, 0.5) is 0 Å². The maximum atomic E-state index is 9.00. The van der Waals surface area contributed by atoms with E-state index in [2.05, 4.69) is 31.2 Å². The minimum atomic E-state index is -0.833. The number of hydrogen-bond acceptors (Lipinski definition) is 1. The van der Waals surface area contributed by atoms with Crippen LogP contribution in [0, 0.1) is 0 Å². The molecule has 2 heteroatoms.